The van der Waals surface area contributed by atoms with Gasteiger partial charge in [-0.05, 0) is 50.9 Å². The van der Waals surface area contributed by atoms with Gasteiger partial charge in [-0.25, -0.2) is 4.79 Å². The second-order valence-corrected chi connectivity index (χ2v) is 8.36. The molecule has 8 heteroatoms. The number of urea groups is 1. The molecule has 2 saturated heterocycles. The number of carbonyl (C=O) groups is 3. The predicted octanol–water partition coefficient (Wildman–Crippen LogP) is 2.18. The molecule has 3 heterocycles. The minimum absolute atomic E-state index is 0.00715. The molecule has 1 aromatic rings. The second-order valence-electron chi connectivity index (χ2n) is 8.36. The quantitative estimate of drug-likeness (QED) is 0.682. The van der Waals surface area contributed by atoms with E-state index < -0.39 is 5.54 Å². The lowest BCUT2D eigenvalue weighted by Crippen LogP contribution is -2.44. The van der Waals surface area contributed by atoms with Gasteiger partial charge < -0.3 is 15.1 Å². The van der Waals surface area contributed by atoms with Crippen LogP contribution in [-0.2, 0) is 9.59 Å². The van der Waals surface area contributed by atoms with Gasteiger partial charge in [0.1, 0.15) is 11.3 Å². The van der Waals surface area contributed by atoms with E-state index in [9.17, 15) is 14.4 Å². The van der Waals surface area contributed by atoms with E-state index in [1.807, 2.05) is 12.1 Å². The Morgan fingerprint density at radius 2 is 1.93 bits per heavy atom. The number of hydrogen-bond acceptors (Lipinski definition) is 5. The highest BCUT2D eigenvalue weighted by Gasteiger charge is 2.52. The van der Waals surface area contributed by atoms with E-state index in [1.54, 1.807) is 6.26 Å². The number of hydrogen-bond donors (Lipinski definition) is 2. The number of furan rings is 1. The lowest BCUT2D eigenvalue weighted by atomic mass is 9.98. The Labute approximate surface area is 171 Å². The van der Waals surface area contributed by atoms with Crippen molar-refractivity contribution in [2.24, 2.45) is 0 Å². The average molecular weight is 402 g/mol. The minimum atomic E-state index is -0.716. The molecule has 1 unspecified atom stereocenters. The maximum absolute atomic E-state index is 12.7. The van der Waals surface area contributed by atoms with Gasteiger partial charge in [-0.15, -0.1) is 0 Å². The summed E-state index contributed by atoms with van der Waals surface area (Å²) in [4.78, 5) is 40.9. The molecule has 2 N–H and O–H groups in total. The molecule has 0 aromatic carbocycles. The summed E-state index contributed by atoms with van der Waals surface area (Å²) in [5.74, 6) is 0.519. The highest BCUT2D eigenvalue weighted by Crippen LogP contribution is 2.35. The van der Waals surface area contributed by atoms with E-state index in [2.05, 4.69) is 15.5 Å². The average Bonchev–Trinajstić information content (AvgIpc) is 3.46. The Balaban J connectivity index is 1.30. The molecule has 1 saturated carbocycles. The third kappa shape index (κ3) is 4.17. The van der Waals surface area contributed by atoms with Crippen molar-refractivity contribution in [2.75, 3.05) is 26.2 Å². The summed E-state index contributed by atoms with van der Waals surface area (Å²) in [5.41, 5.74) is -0.716. The molecule has 1 spiro atoms. The molecule has 2 aliphatic heterocycles. The second kappa shape index (κ2) is 8.57. The van der Waals surface area contributed by atoms with Crippen molar-refractivity contribution in [2.45, 2.75) is 62.9 Å². The summed E-state index contributed by atoms with van der Waals surface area (Å²) >= 11 is 0. The van der Waals surface area contributed by atoms with Crippen LogP contribution in [0, 0.1) is 0 Å². The zero-order valence-corrected chi connectivity index (χ0v) is 16.8. The van der Waals surface area contributed by atoms with E-state index in [4.69, 9.17) is 4.42 Å². The van der Waals surface area contributed by atoms with Crippen molar-refractivity contribution in [1.82, 2.24) is 20.4 Å². The molecule has 4 rings (SSSR count). The first-order chi connectivity index (χ1) is 14.1. The zero-order chi connectivity index (χ0) is 20.3. The van der Waals surface area contributed by atoms with Crippen LogP contribution in [0.2, 0.25) is 0 Å². The summed E-state index contributed by atoms with van der Waals surface area (Å²) in [7, 11) is 0. The Morgan fingerprint density at radius 1 is 1.17 bits per heavy atom. The fraction of sp³-hybridized carbons (Fsp3) is 0.667. The van der Waals surface area contributed by atoms with Crippen molar-refractivity contribution in [3.63, 3.8) is 0 Å². The summed E-state index contributed by atoms with van der Waals surface area (Å²) in [6.45, 7) is 2.56. The van der Waals surface area contributed by atoms with Crippen molar-refractivity contribution < 1.29 is 18.8 Å². The van der Waals surface area contributed by atoms with Gasteiger partial charge in [-0.2, -0.15) is 0 Å². The highest BCUT2D eigenvalue weighted by molar-refractivity contribution is 6.07. The van der Waals surface area contributed by atoms with E-state index >= 15 is 0 Å². The van der Waals surface area contributed by atoms with Crippen molar-refractivity contribution >= 4 is 17.8 Å². The topological polar surface area (TPSA) is 94.9 Å². The summed E-state index contributed by atoms with van der Waals surface area (Å²) < 4.78 is 5.61. The standard InChI is InChI=1S/C21H30N4O4/c26-18(8-13-25-19(27)21(23-20(25)28)9-2-3-10-21)22-15-16(17-7-6-14-29-17)24-11-4-1-5-12-24/h6-7,14,16H,1-5,8-13,15H2,(H,22,26)(H,23,28). The number of piperidine rings is 1. The lowest BCUT2D eigenvalue weighted by Gasteiger charge is -2.33. The monoisotopic (exact) mass is 402 g/mol. The number of nitrogens with zero attached hydrogens (tertiary/aromatic N) is 2. The zero-order valence-electron chi connectivity index (χ0n) is 16.8. The van der Waals surface area contributed by atoms with Crippen LogP contribution in [-0.4, -0.2) is 59.4 Å². The van der Waals surface area contributed by atoms with E-state index in [1.165, 1.54) is 11.3 Å². The lowest BCUT2D eigenvalue weighted by molar-refractivity contribution is -0.131. The van der Waals surface area contributed by atoms with Crippen LogP contribution in [0.4, 0.5) is 4.79 Å². The van der Waals surface area contributed by atoms with Gasteiger partial charge in [-0.1, -0.05) is 19.3 Å². The SMILES string of the molecule is O=C(CCN1C(=O)NC2(CCCC2)C1=O)NCC(c1ccco1)N1CCCCC1. The molecule has 3 fully saturated rings. The Morgan fingerprint density at radius 3 is 2.62 bits per heavy atom. The van der Waals surface area contributed by atoms with Crippen LogP contribution in [0.15, 0.2) is 22.8 Å². The molecule has 0 radical (unpaired) electrons. The summed E-state index contributed by atoms with van der Waals surface area (Å²) in [6, 6.07) is 3.45. The number of nitrogens with one attached hydrogen (secondary N) is 2. The normalized spacial score (nSPS) is 22.8. The van der Waals surface area contributed by atoms with Gasteiger partial charge in [0.2, 0.25) is 5.91 Å². The van der Waals surface area contributed by atoms with Gasteiger partial charge in [-0.3, -0.25) is 19.4 Å². The van der Waals surface area contributed by atoms with Gasteiger partial charge in [0.25, 0.3) is 5.91 Å². The Hall–Kier alpha value is -2.35. The highest BCUT2D eigenvalue weighted by atomic mass is 16.3. The minimum Gasteiger partial charge on any atom is -0.468 e. The molecular formula is C21H30N4O4. The molecule has 1 atom stereocenters. The molecular weight excluding hydrogens is 372 g/mol. The molecule has 158 valence electrons. The number of likely N-dealkylation sites (tertiary alicyclic amines) is 1. The van der Waals surface area contributed by atoms with Crippen LogP contribution in [0.3, 0.4) is 0 Å². The third-order valence-corrected chi connectivity index (χ3v) is 6.46. The first kappa shape index (κ1) is 19.9. The molecule has 8 nitrogen and oxygen atoms in total. The van der Waals surface area contributed by atoms with E-state index in [0.717, 1.165) is 44.5 Å². The number of imide groups is 1. The molecule has 1 aliphatic carbocycles. The van der Waals surface area contributed by atoms with Crippen molar-refractivity contribution in [3.8, 4) is 0 Å². The number of rotatable bonds is 7. The smallest absolute Gasteiger partial charge is 0.325 e. The van der Waals surface area contributed by atoms with E-state index in [-0.39, 0.29) is 36.9 Å². The van der Waals surface area contributed by atoms with Crippen LogP contribution < -0.4 is 10.6 Å². The summed E-state index contributed by atoms with van der Waals surface area (Å²) in [6.07, 6.45) is 8.60. The maximum Gasteiger partial charge on any atom is 0.325 e. The first-order valence-corrected chi connectivity index (χ1v) is 10.8. The van der Waals surface area contributed by atoms with Crippen molar-refractivity contribution in [3.05, 3.63) is 24.2 Å². The maximum atomic E-state index is 12.7. The third-order valence-electron chi connectivity index (χ3n) is 6.46. The predicted molar refractivity (Wildman–Crippen MR) is 106 cm³/mol. The summed E-state index contributed by atoms with van der Waals surface area (Å²) in [5, 5.41) is 5.82. The molecule has 29 heavy (non-hydrogen) atoms. The fourth-order valence-electron chi connectivity index (χ4n) is 4.83. The molecule has 4 amide bonds. The van der Waals surface area contributed by atoms with Gasteiger partial charge in [0.05, 0.1) is 12.3 Å². The molecule has 0 bridgehead atoms. The number of amides is 4. The first-order valence-electron chi connectivity index (χ1n) is 10.8. The van der Waals surface area contributed by atoms with Gasteiger partial charge in [0, 0.05) is 19.5 Å². The molecule has 3 aliphatic rings. The molecule has 1 aromatic heterocycles. The van der Waals surface area contributed by atoms with Crippen LogP contribution in [0.5, 0.6) is 0 Å². The largest absolute Gasteiger partial charge is 0.468 e. The van der Waals surface area contributed by atoms with Crippen LogP contribution >= 0.6 is 0 Å². The Bertz CT molecular complexity index is 736. The Kier molecular flexibility index (Phi) is 5.89. The van der Waals surface area contributed by atoms with E-state index in [0.29, 0.717) is 19.4 Å². The van der Waals surface area contributed by atoms with Gasteiger partial charge in [0.15, 0.2) is 0 Å². The fourth-order valence-corrected chi connectivity index (χ4v) is 4.83. The van der Waals surface area contributed by atoms with Crippen molar-refractivity contribution in [1.29, 1.82) is 0 Å². The van der Waals surface area contributed by atoms with Gasteiger partial charge >= 0.3 is 6.03 Å². The van der Waals surface area contributed by atoms with Crippen LogP contribution in [0.1, 0.15) is 63.2 Å². The number of carbonyl (C=O) groups excluding carboxylic acids is 3. The van der Waals surface area contributed by atoms with Crippen LogP contribution in [0.25, 0.3) is 0 Å².